The van der Waals surface area contributed by atoms with Crippen molar-refractivity contribution >= 4 is 11.0 Å². The zero-order valence-corrected chi connectivity index (χ0v) is 13.3. The molecule has 0 saturated carbocycles. The molecular formula is C16H19F2N3O3. The Balaban J connectivity index is 2.87. The Morgan fingerprint density at radius 1 is 1.29 bits per heavy atom. The summed E-state index contributed by atoms with van der Waals surface area (Å²) in [5.74, 6) is 0. The van der Waals surface area contributed by atoms with Crippen LogP contribution in [0.5, 0.6) is 0 Å². The third-order valence-electron chi connectivity index (χ3n) is 3.75. The Kier molecular flexibility index (Phi) is 5.48. The van der Waals surface area contributed by atoms with E-state index in [-0.39, 0.29) is 17.6 Å². The molecule has 2 rings (SSSR count). The van der Waals surface area contributed by atoms with Gasteiger partial charge < -0.3 is 4.57 Å². The number of aromatic nitrogens is 3. The number of aromatic amines is 1. The van der Waals surface area contributed by atoms with Crippen LogP contribution in [0.3, 0.4) is 0 Å². The zero-order valence-electron chi connectivity index (χ0n) is 13.3. The smallest absolute Gasteiger partial charge is 0.325 e. The van der Waals surface area contributed by atoms with Crippen LogP contribution in [0.2, 0.25) is 0 Å². The molecule has 0 aliphatic heterocycles. The van der Waals surface area contributed by atoms with E-state index in [4.69, 9.17) is 0 Å². The Morgan fingerprint density at radius 2 is 2.00 bits per heavy atom. The summed E-state index contributed by atoms with van der Waals surface area (Å²) >= 11 is 0. The molecule has 24 heavy (non-hydrogen) atoms. The van der Waals surface area contributed by atoms with Crippen LogP contribution < -0.4 is 16.7 Å². The van der Waals surface area contributed by atoms with Gasteiger partial charge in [0, 0.05) is 18.3 Å². The predicted molar refractivity (Wildman–Crippen MR) is 87.9 cm³/mol. The third kappa shape index (κ3) is 3.37. The molecule has 0 amide bonds. The number of H-pyrrole nitrogens is 1. The first-order valence-electron chi connectivity index (χ1n) is 7.69. The van der Waals surface area contributed by atoms with Crippen LogP contribution in [0.25, 0.3) is 11.0 Å². The van der Waals surface area contributed by atoms with Gasteiger partial charge in [0.15, 0.2) is 5.43 Å². The lowest BCUT2D eigenvalue weighted by molar-refractivity contribution is 0.126. The fourth-order valence-electron chi connectivity index (χ4n) is 2.64. The molecule has 2 heterocycles. The second kappa shape index (κ2) is 7.37. The molecule has 0 aromatic carbocycles. The minimum atomic E-state index is -2.69. The van der Waals surface area contributed by atoms with Gasteiger partial charge in [0.25, 0.3) is 12.0 Å². The summed E-state index contributed by atoms with van der Waals surface area (Å²) in [6.45, 7) is 4.62. The number of hydrogen-bond donors (Lipinski definition) is 1. The van der Waals surface area contributed by atoms with Gasteiger partial charge >= 0.3 is 5.69 Å². The summed E-state index contributed by atoms with van der Waals surface area (Å²) in [5.41, 5.74) is -1.91. The Labute approximate surface area is 136 Å². The van der Waals surface area contributed by atoms with E-state index < -0.39 is 29.6 Å². The van der Waals surface area contributed by atoms with Crippen molar-refractivity contribution in [3.05, 3.63) is 55.5 Å². The minimum absolute atomic E-state index is 0.0734. The summed E-state index contributed by atoms with van der Waals surface area (Å²) in [6, 6.07) is 1.21. The summed E-state index contributed by atoms with van der Waals surface area (Å²) in [7, 11) is 0. The molecule has 0 saturated heterocycles. The fraction of sp³-hybridized carbons (Fsp3) is 0.438. The third-order valence-corrected chi connectivity index (χ3v) is 3.75. The molecule has 0 atom stereocenters. The average molecular weight is 339 g/mol. The van der Waals surface area contributed by atoms with Gasteiger partial charge in [0.1, 0.15) is 11.0 Å². The van der Waals surface area contributed by atoms with Crippen molar-refractivity contribution in [3.63, 3.8) is 0 Å². The number of hydrogen-bond acceptors (Lipinski definition) is 3. The van der Waals surface area contributed by atoms with Gasteiger partial charge in [-0.1, -0.05) is 19.4 Å². The van der Waals surface area contributed by atoms with Crippen molar-refractivity contribution in [1.29, 1.82) is 0 Å². The first-order valence-corrected chi connectivity index (χ1v) is 7.69. The largest absolute Gasteiger partial charge is 0.330 e. The highest BCUT2D eigenvalue weighted by Gasteiger charge is 2.18. The molecule has 0 fully saturated rings. The molecule has 0 unspecified atom stereocenters. The first kappa shape index (κ1) is 17.8. The number of nitrogens with one attached hydrogen (secondary N) is 1. The van der Waals surface area contributed by atoms with Crippen LogP contribution in [-0.2, 0) is 19.5 Å². The Morgan fingerprint density at radius 3 is 2.58 bits per heavy atom. The van der Waals surface area contributed by atoms with Gasteiger partial charge in [-0.2, -0.15) is 0 Å². The van der Waals surface area contributed by atoms with E-state index in [9.17, 15) is 23.2 Å². The van der Waals surface area contributed by atoms with Gasteiger partial charge in [0.05, 0.1) is 6.54 Å². The zero-order chi connectivity index (χ0) is 17.9. The van der Waals surface area contributed by atoms with E-state index >= 15 is 0 Å². The second-order valence-corrected chi connectivity index (χ2v) is 5.46. The van der Waals surface area contributed by atoms with Crippen molar-refractivity contribution in [3.8, 4) is 0 Å². The van der Waals surface area contributed by atoms with Crippen LogP contribution in [0, 0.1) is 0 Å². The molecule has 0 bridgehead atoms. The highest BCUT2D eigenvalue weighted by molar-refractivity contribution is 5.74. The van der Waals surface area contributed by atoms with Gasteiger partial charge in [-0.3, -0.25) is 19.1 Å². The maximum atomic E-state index is 13.0. The number of aryl methyl sites for hydroxylation is 1. The van der Waals surface area contributed by atoms with Crippen molar-refractivity contribution in [1.82, 2.24) is 14.1 Å². The lowest BCUT2D eigenvalue weighted by Crippen LogP contribution is -2.38. The summed E-state index contributed by atoms with van der Waals surface area (Å²) in [6.07, 6.45) is 0.585. The highest BCUT2D eigenvalue weighted by atomic mass is 19.3. The Hall–Kier alpha value is -2.51. The molecular weight excluding hydrogens is 320 g/mol. The van der Waals surface area contributed by atoms with Crippen LogP contribution in [-0.4, -0.2) is 20.5 Å². The number of unbranched alkanes of at least 4 members (excludes halogenated alkanes) is 1. The monoisotopic (exact) mass is 339 g/mol. The molecule has 0 spiro atoms. The number of pyridine rings is 1. The van der Waals surface area contributed by atoms with Crippen molar-refractivity contribution in [2.75, 3.05) is 0 Å². The maximum absolute atomic E-state index is 13.0. The van der Waals surface area contributed by atoms with Crippen molar-refractivity contribution < 1.29 is 8.78 Å². The van der Waals surface area contributed by atoms with Crippen LogP contribution in [0.4, 0.5) is 8.78 Å². The molecule has 0 aliphatic carbocycles. The van der Waals surface area contributed by atoms with E-state index in [1.165, 1.54) is 12.1 Å². The highest BCUT2D eigenvalue weighted by Crippen LogP contribution is 2.12. The van der Waals surface area contributed by atoms with E-state index in [0.717, 1.165) is 15.6 Å². The lowest BCUT2D eigenvalue weighted by atomic mass is 10.1. The van der Waals surface area contributed by atoms with Gasteiger partial charge in [0.2, 0.25) is 0 Å². The number of allylic oxidation sites excluding steroid dienone is 1. The van der Waals surface area contributed by atoms with Crippen LogP contribution in [0.15, 0.2) is 33.1 Å². The van der Waals surface area contributed by atoms with Gasteiger partial charge in [-0.15, -0.1) is 6.58 Å². The van der Waals surface area contributed by atoms with Crippen molar-refractivity contribution in [2.45, 2.75) is 45.7 Å². The molecule has 6 nitrogen and oxygen atoms in total. The van der Waals surface area contributed by atoms with Gasteiger partial charge in [-0.25, -0.2) is 13.6 Å². The number of fused-ring (bicyclic) bond motifs is 1. The molecule has 130 valence electrons. The number of nitrogens with zero attached hydrogens (tertiary/aromatic N) is 2. The molecule has 1 N–H and O–H groups in total. The topological polar surface area (TPSA) is 76.9 Å². The summed E-state index contributed by atoms with van der Waals surface area (Å²) in [4.78, 5) is 39.2. The minimum Gasteiger partial charge on any atom is -0.325 e. The molecule has 2 aromatic rings. The SMILES string of the molecule is C=CCn1c(=O)[nH]c2c(c(=O)cc(CCCC)n2CC(F)F)c1=O. The van der Waals surface area contributed by atoms with E-state index in [1.807, 2.05) is 6.92 Å². The Bertz CT molecular complexity index is 925. The first-order chi connectivity index (χ1) is 11.4. The molecule has 0 aliphatic rings. The fourth-order valence-corrected chi connectivity index (χ4v) is 2.64. The predicted octanol–water partition coefficient (Wildman–Crippen LogP) is 1.65. The number of alkyl halides is 2. The number of halogens is 2. The number of rotatable bonds is 7. The molecule has 0 radical (unpaired) electrons. The van der Waals surface area contributed by atoms with Crippen molar-refractivity contribution in [2.24, 2.45) is 0 Å². The van der Waals surface area contributed by atoms with Crippen LogP contribution in [0.1, 0.15) is 25.5 Å². The van der Waals surface area contributed by atoms with E-state index in [2.05, 4.69) is 11.6 Å². The second-order valence-electron chi connectivity index (χ2n) is 5.46. The average Bonchev–Trinajstić information content (AvgIpc) is 2.51. The van der Waals surface area contributed by atoms with Gasteiger partial charge in [-0.05, 0) is 12.8 Å². The standard InChI is InChI=1S/C16H19F2N3O3/c1-3-5-6-10-8-11(22)13-14(21(10)9-12(17)18)19-16(24)20(7-4-2)15(13)23/h4,8,12H,2-3,5-7,9H2,1H3,(H,19,24). The quantitative estimate of drug-likeness (QED) is 0.779. The summed E-state index contributed by atoms with van der Waals surface area (Å²) < 4.78 is 27.9. The summed E-state index contributed by atoms with van der Waals surface area (Å²) in [5, 5.41) is -0.294. The van der Waals surface area contributed by atoms with E-state index in [1.54, 1.807) is 0 Å². The molecule has 2 aromatic heterocycles. The van der Waals surface area contributed by atoms with E-state index in [0.29, 0.717) is 18.5 Å². The maximum Gasteiger partial charge on any atom is 0.330 e. The lowest BCUT2D eigenvalue weighted by Gasteiger charge is -2.16. The molecule has 8 heteroatoms. The normalized spacial score (nSPS) is 11.3. The van der Waals surface area contributed by atoms with Crippen LogP contribution >= 0.6 is 0 Å².